The van der Waals surface area contributed by atoms with E-state index >= 15 is 0 Å². The zero-order valence-electron chi connectivity index (χ0n) is 10.8. The van der Waals surface area contributed by atoms with E-state index in [0.717, 1.165) is 6.42 Å². The van der Waals surface area contributed by atoms with Gasteiger partial charge in [-0.15, -0.1) is 0 Å². The lowest BCUT2D eigenvalue weighted by atomic mass is 10.3. The quantitative estimate of drug-likeness (QED) is 0.715. The maximum absolute atomic E-state index is 11.3. The maximum Gasteiger partial charge on any atom is 0.211 e. The third-order valence-electron chi connectivity index (χ3n) is 2.50. The minimum Gasteiger partial charge on any atom is -0.399 e. The van der Waals surface area contributed by atoms with Crippen molar-refractivity contribution in [1.29, 1.82) is 0 Å². The highest BCUT2D eigenvalue weighted by molar-refractivity contribution is 7.88. The lowest BCUT2D eigenvalue weighted by molar-refractivity contribution is 0.428. The summed E-state index contributed by atoms with van der Waals surface area (Å²) in [5, 5.41) is 3.10. The Morgan fingerprint density at radius 1 is 1.50 bits per heavy atom. The molecule has 0 aliphatic heterocycles. The molecule has 0 atom stereocenters. The van der Waals surface area contributed by atoms with Crippen LogP contribution in [-0.4, -0.2) is 43.6 Å². The SMILES string of the molecule is CCN(CCCNc1cc(N)ccn1)S(C)(=O)=O. The first-order chi connectivity index (χ1) is 8.43. The number of nitrogens with zero attached hydrogens (tertiary/aromatic N) is 2. The van der Waals surface area contributed by atoms with Gasteiger partial charge in [0.15, 0.2) is 0 Å². The van der Waals surface area contributed by atoms with E-state index in [1.807, 2.05) is 6.92 Å². The zero-order valence-corrected chi connectivity index (χ0v) is 11.6. The number of hydrogen-bond acceptors (Lipinski definition) is 5. The molecule has 0 spiro atoms. The van der Waals surface area contributed by atoms with E-state index in [2.05, 4.69) is 10.3 Å². The Kier molecular flexibility index (Phi) is 5.36. The van der Waals surface area contributed by atoms with Crippen LogP contribution in [0.15, 0.2) is 18.3 Å². The molecule has 3 N–H and O–H groups in total. The fourth-order valence-electron chi connectivity index (χ4n) is 1.57. The van der Waals surface area contributed by atoms with E-state index in [9.17, 15) is 8.42 Å². The topological polar surface area (TPSA) is 88.3 Å². The number of nitrogens with one attached hydrogen (secondary N) is 1. The molecule has 102 valence electrons. The Balaban J connectivity index is 2.35. The Hall–Kier alpha value is -1.34. The molecule has 0 saturated heterocycles. The van der Waals surface area contributed by atoms with Crippen LogP contribution in [0.25, 0.3) is 0 Å². The molecule has 1 heterocycles. The molecular formula is C11H20N4O2S. The fraction of sp³-hybridized carbons (Fsp3) is 0.545. The minimum absolute atomic E-state index is 0.495. The van der Waals surface area contributed by atoms with Gasteiger partial charge in [-0.1, -0.05) is 6.92 Å². The zero-order chi connectivity index (χ0) is 13.6. The Labute approximate surface area is 108 Å². The second-order valence-corrected chi connectivity index (χ2v) is 5.99. The number of aromatic nitrogens is 1. The first kappa shape index (κ1) is 14.7. The van der Waals surface area contributed by atoms with E-state index in [-0.39, 0.29) is 0 Å². The monoisotopic (exact) mass is 272 g/mol. The minimum atomic E-state index is -3.10. The van der Waals surface area contributed by atoms with Crippen LogP contribution in [0.4, 0.5) is 11.5 Å². The molecular weight excluding hydrogens is 252 g/mol. The van der Waals surface area contributed by atoms with E-state index in [0.29, 0.717) is 31.1 Å². The smallest absolute Gasteiger partial charge is 0.211 e. The highest BCUT2D eigenvalue weighted by Crippen LogP contribution is 2.07. The molecule has 0 bridgehead atoms. The third kappa shape index (κ3) is 4.89. The van der Waals surface area contributed by atoms with E-state index in [4.69, 9.17) is 5.73 Å². The Bertz CT molecular complexity index is 476. The highest BCUT2D eigenvalue weighted by atomic mass is 32.2. The third-order valence-corrected chi connectivity index (χ3v) is 3.87. The van der Waals surface area contributed by atoms with Gasteiger partial charge in [-0.25, -0.2) is 17.7 Å². The second-order valence-electron chi connectivity index (χ2n) is 4.01. The van der Waals surface area contributed by atoms with Gasteiger partial charge >= 0.3 is 0 Å². The summed E-state index contributed by atoms with van der Waals surface area (Å²) in [6.45, 7) is 3.48. The predicted molar refractivity (Wildman–Crippen MR) is 73.8 cm³/mol. The largest absolute Gasteiger partial charge is 0.399 e. The molecule has 1 rings (SSSR count). The average Bonchev–Trinajstić information content (AvgIpc) is 2.27. The summed E-state index contributed by atoms with van der Waals surface area (Å²) < 4.78 is 24.1. The van der Waals surface area contributed by atoms with Crippen LogP contribution in [-0.2, 0) is 10.0 Å². The normalized spacial score (nSPS) is 11.7. The molecule has 1 aromatic rings. The molecule has 0 fully saturated rings. The molecule has 0 aromatic carbocycles. The number of nitrogen functional groups attached to an aromatic ring is 1. The summed E-state index contributed by atoms with van der Waals surface area (Å²) in [5.74, 6) is 0.706. The number of hydrogen-bond donors (Lipinski definition) is 2. The van der Waals surface area contributed by atoms with Crippen LogP contribution in [0.3, 0.4) is 0 Å². The van der Waals surface area contributed by atoms with Gasteiger partial charge in [0.1, 0.15) is 5.82 Å². The van der Waals surface area contributed by atoms with Gasteiger partial charge in [-0.3, -0.25) is 0 Å². The second kappa shape index (κ2) is 6.55. The molecule has 0 aliphatic carbocycles. The summed E-state index contributed by atoms with van der Waals surface area (Å²) in [6, 6.07) is 3.46. The molecule has 1 aromatic heterocycles. The van der Waals surface area contributed by atoms with Gasteiger partial charge in [-0.2, -0.15) is 0 Å². The van der Waals surface area contributed by atoms with Gasteiger partial charge in [0, 0.05) is 37.6 Å². The van der Waals surface area contributed by atoms with Crippen molar-refractivity contribution in [1.82, 2.24) is 9.29 Å². The molecule has 0 saturated carbocycles. The fourth-order valence-corrected chi connectivity index (χ4v) is 2.50. The highest BCUT2D eigenvalue weighted by Gasteiger charge is 2.12. The van der Waals surface area contributed by atoms with Gasteiger partial charge in [0.05, 0.1) is 6.26 Å². The summed E-state index contributed by atoms with van der Waals surface area (Å²) in [5.41, 5.74) is 6.27. The molecule has 0 radical (unpaired) electrons. The number of pyridine rings is 1. The van der Waals surface area contributed by atoms with E-state index in [1.54, 1.807) is 18.3 Å². The summed E-state index contributed by atoms with van der Waals surface area (Å²) in [4.78, 5) is 4.10. The van der Waals surface area contributed by atoms with Crippen LogP contribution < -0.4 is 11.1 Å². The van der Waals surface area contributed by atoms with Crippen LogP contribution in [0.2, 0.25) is 0 Å². The van der Waals surface area contributed by atoms with Crippen LogP contribution in [0, 0.1) is 0 Å². The standard InChI is InChI=1S/C11H20N4O2S/c1-3-15(18(2,16)17)8-4-6-13-11-9-10(12)5-7-14-11/h5,7,9H,3-4,6,8H2,1-2H3,(H3,12,13,14). The molecule has 0 amide bonds. The average molecular weight is 272 g/mol. The Morgan fingerprint density at radius 3 is 2.78 bits per heavy atom. The summed E-state index contributed by atoms with van der Waals surface area (Å²) in [7, 11) is -3.10. The van der Waals surface area contributed by atoms with Crippen molar-refractivity contribution in [3.63, 3.8) is 0 Å². The summed E-state index contributed by atoms with van der Waals surface area (Å²) >= 11 is 0. The van der Waals surface area contributed by atoms with Crippen molar-refractivity contribution < 1.29 is 8.42 Å². The lowest BCUT2D eigenvalue weighted by Gasteiger charge is -2.17. The van der Waals surface area contributed by atoms with Crippen molar-refractivity contribution in [3.8, 4) is 0 Å². The number of rotatable bonds is 7. The van der Waals surface area contributed by atoms with Crippen molar-refractivity contribution in [2.24, 2.45) is 0 Å². The predicted octanol–water partition coefficient (Wildman–Crippen LogP) is 0.747. The van der Waals surface area contributed by atoms with Gasteiger partial charge in [-0.05, 0) is 12.5 Å². The number of nitrogens with two attached hydrogens (primary N) is 1. The van der Waals surface area contributed by atoms with Gasteiger partial charge < -0.3 is 11.1 Å². The van der Waals surface area contributed by atoms with Crippen molar-refractivity contribution >= 4 is 21.5 Å². The first-order valence-corrected chi connectivity index (χ1v) is 7.69. The van der Waals surface area contributed by atoms with Crippen molar-refractivity contribution in [2.45, 2.75) is 13.3 Å². The number of anilines is 2. The Morgan fingerprint density at radius 2 is 2.22 bits per heavy atom. The molecule has 0 aliphatic rings. The first-order valence-electron chi connectivity index (χ1n) is 5.84. The van der Waals surface area contributed by atoms with Gasteiger partial charge in [0.25, 0.3) is 0 Å². The summed E-state index contributed by atoms with van der Waals surface area (Å²) in [6.07, 6.45) is 3.58. The van der Waals surface area contributed by atoms with E-state index in [1.165, 1.54) is 10.6 Å². The lowest BCUT2D eigenvalue weighted by Crippen LogP contribution is -2.31. The molecule has 18 heavy (non-hydrogen) atoms. The maximum atomic E-state index is 11.3. The number of sulfonamides is 1. The van der Waals surface area contributed by atoms with Crippen molar-refractivity contribution in [2.75, 3.05) is 36.9 Å². The van der Waals surface area contributed by atoms with Crippen LogP contribution >= 0.6 is 0 Å². The molecule has 6 nitrogen and oxygen atoms in total. The van der Waals surface area contributed by atoms with Crippen molar-refractivity contribution in [3.05, 3.63) is 18.3 Å². The molecule has 7 heteroatoms. The van der Waals surface area contributed by atoms with Crippen LogP contribution in [0.5, 0.6) is 0 Å². The molecule has 0 unspecified atom stereocenters. The van der Waals surface area contributed by atoms with E-state index < -0.39 is 10.0 Å². The van der Waals surface area contributed by atoms with Gasteiger partial charge in [0.2, 0.25) is 10.0 Å². The van der Waals surface area contributed by atoms with Crippen LogP contribution in [0.1, 0.15) is 13.3 Å².